The second kappa shape index (κ2) is 5.64. The van der Waals surface area contributed by atoms with E-state index < -0.39 is 0 Å². The lowest BCUT2D eigenvalue weighted by molar-refractivity contribution is 0.135. The van der Waals surface area contributed by atoms with Gasteiger partial charge in [0, 0.05) is 32.2 Å². The van der Waals surface area contributed by atoms with Gasteiger partial charge in [-0.1, -0.05) is 38.1 Å². The second-order valence-electron chi connectivity index (χ2n) is 6.48. The molecule has 1 saturated carbocycles. The van der Waals surface area contributed by atoms with Crippen LogP contribution in [0.15, 0.2) is 24.3 Å². The molecule has 2 aliphatic rings. The molecule has 1 unspecified atom stereocenters. The van der Waals surface area contributed by atoms with E-state index in [1.54, 1.807) is 0 Å². The van der Waals surface area contributed by atoms with Crippen molar-refractivity contribution < 1.29 is 0 Å². The van der Waals surface area contributed by atoms with Gasteiger partial charge in [0.05, 0.1) is 0 Å². The summed E-state index contributed by atoms with van der Waals surface area (Å²) in [5.74, 6) is 1.59. The van der Waals surface area contributed by atoms with Crippen molar-refractivity contribution in [1.82, 2.24) is 10.2 Å². The van der Waals surface area contributed by atoms with E-state index in [4.69, 9.17) is 0 Å². The van der Waals surface area contributed by atoms with Gasteiger partial charge in [0.2, 0.25) is 0 Å². The summed E-state index contributed by atoms with van der Waals surface area (Å²) in [5, 5.41) is 3.55. The van der Waals surface area contributed by atoms with Crippen LogP contribution in [0.3, 0.4) is 0 Å². The van der Waals surface area contributed by atoms with Crippen LogP contribution in [0.25, 0.3) is 0 Å². The molecule has 0 amide bonds. The maximum absolute atomic E-state index is 3.55. The summed E-state index contributed by atoms with van der Waals surface area (Å²) in [5.41, 5.74) is 2.92. The minimum absolute atomic E-state index is 0.632. The van der Waals surface area contributed by atoms with E-state index in [0.717, 1.165) is 25.0 Å². The standard InChI is InChI=1S/C17H26N2/c1-13(2)15-5-3-14(4-6-15)12-19-10-9-18-11-17(19)16-7-8-16/h3-6,13,16-18H,7-12H2,1-2H3. The summed E-state index contributed by atoms with van der Waals surface area (Å²) in [6.45, 7) is 9.18. The third-order valence-corrected chi connectivity index (χ3v) is 4.60. The summed E-state index contributed by atoms with van der Waals surface area (Å²) >= 11 is 0. The highest BCUT2D eigenvalue weighted by Gasteiger charge is 2.36. The summed E-state index contributed by atoms with van der Waals surface area (Å²) < 4.78 is 0. The third-order valence-electron chi connectivity index (χ3n) is 4.60. The zero-order chi connectivity index (χ0) is 13.2. The fourth-order valence-corrected chi connectivity index (χ4v) is 3.15. The van der Waals surface area contributed by atoms with Gasteiger partial charge in [-0.2, -0.15) is 0 Å². The molecule has 1 aliphatic carbocycles. The first-order valence-electron chi connectivity index (χ1n) is 7.77. The molecule has 1 aromatic carbocycles. The van der Waals surface area contributed by atoms with Crippen LogP contribution < -0.4 is 5.32 Å². The smallest absolute Gasteiger partial charge is 0.0252 e. The molecule has 1 atom stereocenters. The summed E-state index contributed by atoms with van der Waals surface area (Å²) in [4.78, 5) is 2.69. The molecule has 2 nitrogen and oxygen atoms in total. The number of piperazine rings is 1. The van der Waals surface area contributed by atoms with Gasteiger partial charge in [0.25, 0.3) is 0 Å². The van der Waals surface area contributed by atoms with Crippen LogP contribution >= 0.6 is 0 Å². The molecule has 1 N–H and O–H groups in total. The topological polar surface area (TPSA) is 15.3 Å². The first-order chi connectivity index (χ1) is 9.24. The Kier molecular flexibility index (Phi) is 3.90. The Morgan fingerprint density at radius 1 is 1.21 bits per heavy atom. The van der Waals surface area contributed by atoms with E-state index in [1.165, 1.54) is 37.1 Å². The number of benzene rings is 1. The molecular weight excluding hydrogens is 232 g/mol. The third kappa shape index (κ3) is 3.18. The zero-order valence-electron chi connectivity index (χ0n) is 12.2. The van der Waals surface area contributed by atoms with Crippen molar-refractivity contribution in [2.24, 2.45) is 5.92 Å². The molecule has 1 aliphatic heterocycles. The molecule has 1 saturated heterocycles. The Bertz CT molecular complexity index is 406. The Morgan fingerprint density at radius 2 is 1.95 bits per heavy atom. The number of hydrogen-bond acceptors (Lipinski definition) is 2. The van der Waals surface area contributed by atoms with Crippen LogP contribution in [-0.2, 0) is 6.54 Å². The predicted molar refractivity (Wildman–Crippen MR) is 80.3 cm³/mol. The van der Waals surface area contributed by atoms with Crippen molar-refractivity contribution in [2.45, 2.75) is 45.2 Å². The maximum Gasteiger partial charge on any atom is 0.0252 e. The second-order valence-corrected chi connectivity index (χ2v) is 6.48. The maximum atomic E-state index is 3.55. The van der Waals surface area contributed by atoms with Gasteiger partial charge in [-0.3, -0.25) is 4.90 Å². The highest BCUT2D eigenvalue weighted by atomic mass is 15.2. The molecule has 0 bridgehead atoms. The summed E-state index contributed by atoms with van der Waals surface area (Å²) in [6.07, 6.45) is 2.88. The lowest BCUT2D eigenvalue weighted by Crippen LogP contribution is -2.51. The van der Waals surface area contributed by atoms with Crippen LogP contribution in [0.4, 0.5) is 0 Å². The first-order valence-corrected chi connectivity index (χ1v) is 7.77. The van der Waals surface area contributed by atoms with Crippen molar-refractivity contribution in [3.05, 3.63) is 35.4 Å². The summed E-state index contributed by atoms with van der Waals surface area (Å²) in [6, 6.07) is 10.0. The molecule has 0 aromatic heterocycles. The van der Waals surface area contributed by atoms with Gasteiger partial charge >= 0.3 is 0 Å². The Morgan fingerprint density at radius 3 is 2.58 bits per heavy atom. The van der Waals surface area contributed by atoms with Crippen molar-refractivity contribution in [1.29, 1.82) is 0 Å². The van der Waals surface area contributed by atoms with E-state index in [1.807, 2.05) is 0 Å². The molecule has 3 rings (SSSR count). The molecule has 0 radical (unpaired) electrons. The van der Waals surface area contributed by atoms with E-state index in [-0.39, 0.29) is 0 Å². The van der Waals surface area contributed by atoms with Crippen molar-refractivity contribution in [3.63, 3.8) is 0 Å². The lowest BCUT2D eigenvalue weighted by atomic mass is 10.0. The minimum Gasteiger partial charge on any atom is -0.314 e. The highest BCUT2D eigenvalue weighted by molar-refractivity contribution is 5.24. The highest BCUT2D eigenvalue weighted by Crippen LogP contribution is 2.36. The SMILES string of the molecule is CC(C)c1ccc(CN2CCNCC2C2CC2)cc1. The van der Waals surface area contributed by atoms with Crippen LogP contribution in [0.2, 0.25) is 0 Å². The van der Waals surface area contributed by atoms with Crippen LogP contribution in [0, 0.1) is 5.92 Å². The van der Waals surface area contributed by atoms with Gasteiger partial charge in [0.1, 0.15) is 0 Å². The van der Waals surface area contributed by atoms with Crippen molar-refractivity contribution in [3.8, 4) is 0 Å². The Hall–Kier alpha value is -0.860. The fourth-order valence-electron chi connectivity index (χ4n) is 3.15. The van der Waals surface area contributed by atoms with Crippen molar-refractivity contribution >= 4 is 0 Å². The van der Waals surface area contributed by atoms with Gasteiger partial charge in [0.15, 0.2) is 0 Å². The fraction of sp³-hybridized carbons (Fsp3) is 0.647. The monoisotopic (exact) mass is 258 g/mol. The summed E-state index contributed by atoms with van der Waals surface area (Å²) in [7, 11) is 0. The molecule has 2 heteroatoms. The lowest BCUT2D eigenvalue weighted by Gasteiger charge is -2.36. The molecule has 1 heterocycles. The van der Waals surface area contributed by atoms with Crippen molar-refractivity contribution in [2.75, 3.05) is 19.6 Å². The van der Waals surface area contributed by atoms with Gasteiger partial charge in [-0.25, -0.2) is 0 Å². The quantitative estimate of drug-likeness (QED) is 0.893. The molecule has 19 heavy (non-hydrogen) atoms. The molecule has 2 fully saturated rings. The van der Waals surface area contributed by atoms with Gasteiger partial charge in [-0.05, 0) is 35.8 Å². The molecule has 1 aromatic rings. The largest absolute Gasteiger partial charge is 0.314 e. The normalized spacial score (nSPS) is 24.9. The van der Waals surface area contributed by atoms with E-state index >= 15 is 0 Å². The van der Waals surface area contributed by atoms with Crippen LogP contribution in [0.1, 0.15) is 43.7 Å². The van der Waals surface area contributed by atoms with E-state index in [9.17, 15) is 0 Å². The average molecular weight is 258 g/mol. The zero-order valence-corrected chi connectivity index (χ0v) is 12.2. The van der Waals surface area contributed by atoms with Crippen LogP contribution in [-0.4, -0.2) is 30.6 Å². The minimum atomic E-state index is 0.632. The number of nitrogens with zero attached hydrogens (tertiary/aromatic N) is 1. The molecule has 104 valence electrons. The van der Waals surface area contributed by atoms with E-state index in [2.05, 4.69) is 48.3 Å². The van der Waals surface area contributed by atoms with Gasteiger partial charge < -0.3 is 5.32 Å². The Labute approximate surface area is 117 Å². The average Bonchev–Trinajstić information content (AvgIpc) is 3.24. The van der Waals surface area contributed by atoms with E-state index in [0.29, 0.717) is 5.92 Å². The predicted octanol–water partition coefficient (Wildman–Crippen LogP) is 2.99. The molecule has 0 spiro atoms. The number of rotatable bonds is 4. The Balaban J connectivity index is 1.65. The molecular formula is C17H26N2. The number of nitrogens with one attached hydrogen (secondary N) is 1. The number of hydrogen-bond donors (Lipinski definition) is 1. The first kappa shape index (κ1) is 13.1. The van der Waals surface area contributed by atoms with Gasteiger partial charge in [-0.15, -0.1) is 0 Å². The van der Waals surface area contributed by atoms with Crippen LogP contribution in [0.5, 0.6) is 0 Å².